The molecule has 2 aliphatic rings. The van der Waals surface area contributed by atoms with Gasteiger partial charge in [0.25, 0.3) is 0 Å². The Hall–Kier alpha value is -1.26. The van der Waals surface area contributed by atoms with E-state index in [0.717, 1.165) is 18.4 Å². The van der Waals surface area contributed by atoms with Crippen LogP contribution < -0.4 is 0 Å². The summed E-state index contributed by atoms with van der Waals surface area (Å²) in [6, 6.07) is 13.6. The van der Waals surface area contributed by atoms with Crippen LogP contribution in [0.5, 0.6) is 0 Å². The maximum atomic E-state index is 12.9. The largest absolute Gasteiger partial charge is 0.395 e. The Kier molecular flexibility index (Phi) is 5.89. The standard InChI is InChI=1S/C22H22Cl3NO2/c23-14-3-1-13(2-4-14)21-17(16-6-5-15(24)11-20(16)25)7-8-18-19(21)12-26(9-10-27)22(18)28/h1-6,11,17-19,21,27H,7-10,12H2. The van der Waals surface area contributed by atoms with Crippen LogP contribution in [0.25, 0.3) is 0 Å². The molecule has 1 aliphatic carbocycles. The third-order valence-corrected chi connectivity index (χ3v) is 7.06. The minimum absolute atomic E-state index is 0.00504. The number of halogens is 3. The van der Waals surface area contributed by atoms with E-state index in [4.69, 9.17) is 34.8 Å². The van der Waals surface area contributed by atoms with E-state index in [1.54, 1.807) is 6.07 Å². The second-order valence-corrected chi connectivity index (χ2v) is 8.99. The summed E-state index contributed by atoms with van der Waals surface area (Å²) >= 11 is 18.8. The van der Waals surface area contributed by atoms with Crippen molar-refractivity contribution in [2.45, 2.75) is 24.7 Å². The minimum Gasteiger partial charge on any atom is -0.395 e. The lowest BCUT2D eigenvalue weighted by atomic mass is 9.63. The number of carbonyl (C=O) groups excluding carboxylic acids is 1. The van der Waals surface area contributed by atoms with Gasteiger partial charge in [-0.25, -0.2) is 0 Å². The highest BCUT2D eigenvalue weighted by Crippen LogP contribution is 2.53. The van der Waals surface area contributed by atoms with Gasteiger partial charge < -0.3 is 10.0 Å². The summed E-state index contributed by atoms with van der Waals surface area (Å²) in [4.78, 5) is 14.7. The molecule has 4 unspecified atom stereocenters. The summed E-state index contributed by atoms with van der Waals surface area (Å²) in [5, 5.41) is 11.3. The monoisotopic (exact) mass is 437 g/mol. The molecule has 2 aromatic rings. The van der Waals surface area contributed by atoms with E-state index >= 15 is 0 Å². The molecule has 1 saturated heterocycles. The summed E-state index contributed by atoms with van der Waals surface area (Å²) in [5.41, 5.74) is 2.26. The van der Waals surface area contributed by atoms with Gasteiger partial charge in [-0.3, -0.25) is 4.79 Å². The molecule has 4 atom stereocenters. The Morgan fingerprint density at radius 2 is 1.64 bits per heavy atom. The highest BCUT2D eigenvalue weighted by atomic mass is 35.5. The fourth-order valence-corrected chi connectivity index (χ4v) is 5.74. The summed E-state index contributed by atoms with van der Waals surface area (Å²) in [5.74, 6) is 0.704. The first kappa shape index (κ1) is 20.0. The van der Waals surface area contributed by atoms with Crippen LogP contribution in [0.2, 0.25) is 15.1 Å². The number of likely N-dealkylation sites (tertiary alicyclic amines) is 1. The first-order valence-electron chi connectivity index (χ1n) is 9.59. The lowest BCUT2D eigenvalue weighted by Gasteiger charge is -2.40. The zero-order valence-electron chi connectivity index (χ0n) is 15.3. The van der Waals surface area contributed by atoms with Gasteiger partial charge in [-0.15, -0.1) is 0 Å². The maximum absolute atomic E-state index is 12.9. The van der Waals surface area contributed by atoms with Crippen LogP contribution in [0.3, 0.4) is 0 Å². The first-order valence-corrected chi connectivity index (χ1v) is 10.7. The Morgan fingerprint density at radius 3 is 2.32 bits per heavy atom. The van der Waals surface area contributed by atoms with E-state index in [1.807, 2.05) is 29.2 Å². The van der Waals surface area contributed by atoms with Crippen molar-refractivity contribution < 1.29 is 9.90 Å². The number of amides is 1. The third kappa shape index (κ3) is 3.66. The molecule has 3 nitrogen and oxygen atoms in total. The third-order valence-electron chi connectivity index (χ3n) is 6.25. The lowest BCUT2D eigenvalue weighted by Crippen LogP contribution is -2.32. The van der Waals surface area contributed by atoms with Crippen molar-refractivity contribution in [2.24, 2.45) is 11.8 Å². The first-order chi connectivity index (χ1) is 13.5. The van der Waals surface area contributed by atoms with Crippen molar-refractivity contribution in [2.75, 3.05) is 19.7 Å². The Bertz CT molecular complexity index is 871. The summed E-state index contributed by atoms with van der Waals surface area (Å²) < 4.78 is 0. The van der Waals surface area contributed by atoms with E-state index in [1.165, 1.54) is 5.56 Å². The van der Waals surface area contributed by atoms with E-state index in [-0.39, 0.29) is 36.2 Å². The molecule has 1 heterocycles. The predicted molar refractivity (Wildman–Crippen MR) is 113 cm³/mol. The van der Waals surface area contributed by atoms with Crippen LogP contribution in [-0.4, -0.2) is 35.6 Å². The zero-order valence-corrected chi connectivity index (χ0v) is 17.6. The maximum Gasteiger partial charge on any atom is 0.226 e. The van der Waals surface area contributed by atoms with Crippen molar-refractivity contribution in [3.05, 3.63) is 68.7 Å². The molecule has 1 amide bonds. The number of nitrogens with zero attached hydrogens (tertiary/aromatic N) is 1. The van der Waals surface area contributed by atoms with Gasteiger partial charge in [0.05, 0.1) is 6.61 Å². The van der Waals surface area contributed by atoms with Gasteiger partial charge in [-0.1, -0.05) is 53.0 Å². The minimum atomic E-state index is -0.0107. The number of aliphatic hydroxyl groups is 1. The van der Waals surface area contributed by atoms with Crippen molar-refractivity contribution in [1.82, 2.24) is 4.90 Å². The van der Waals surface area contributed by atoms with E-state index in [2.05, 4.69) is 12.1 Å². The molecule has 6 heteroatoms. The fourth-order valence-electron chi connectivity index (χ4n) is 5.07. The van der Waals surface area contributed by atoms with Crippen molar-refractivity contribution >= 4 is 40.7 Å². The highest BCUT2D eigenvalue weighted by Gasteiger charge is 2.49. The molecule has 28 heavy (non-hydrogen) atoms. The summed E-state index contributed by atoms with van der Waals surface area (Å²) in [6.07, 6.45) is 1.72. The normalized spacial score (nSPS) is 27.1. The van der Waals surface area contributed by atoms with Crippen LogP contribution >= 0.6 is 34.8 Å². The Labute approximate surface area is 180 Å². The number of hydrogen-bond acceptors (Lipinski definition) is 2. The van der Waals surface area contributed by atoms with E-state index in [9.17, 15) is 9.90 Å². The van der Waals surface area contributed by atoms with Crippen LogP contribution in [0, 0.1) is 11.8 Å². The van der Waals surface area contributed by atoms with Crippen molar-refractivity contribution in [3.63, 3.8) is 0 Å². The Balaban J connectivity index is 1.76. The predicted octanol–water partition coefficient (Wildman–Crippen LogP) is 5.37. The fraction of sp³-hybridized carbons (Fsp3) is 0.409. The van der Waals surface area contributed by atoms with E-state index < -0.39 is 0 Å². The molecule has 1 N–H and O–H groups in total. The van der Waals surface area contributed by atoms with Gasteiger partial charge in [0, 0.05) is 34.1 Å². The number of hydrogen-bond donors (Lipinski definition) is 1. The molecule has 0 spiro atoms. The quantitative estimate of drug-likeness (QED) is 0.696. The molecule has 2 aromatic carbocycles. The molecule has 4 rings (SSSR count). The number of rotatable bonds is 4. The van der Waals surface area contributed by atoms with Crippen molar-refractivity contribution in [1.29, 1.82) is 0 Å². The van der Waals surface area contributed by atoms with Gasteiger partial charge in [-0.2, -0.15) is 0 Å². The van der Waals surface area contributed by atoms with Crippen molar-refractivity contribution in [3.8, 4) is 0 Å². The molecule has 148 valence electrons. The molecule has 0 bridgehead atoms. The van der Waals surface area contributed by atoms with Gasteiger partial charge >= 0.3 is 0 Å². The van der Waals surface area contributed by atoms with Crippen LogP contribution in [0.15, 0.2) is 42.5 Å². The van der Waals surface area contributed by atoms with Gasteiger partial charge in [0.1, 0.15) is 0 Å². The lowest BCUT2D eigenvalue weighted by molar-refractivity contribution is -0.132. The number of benzene rings is 2. The molecular weight excluding hydrogens is 417 g/mol. The summed E-state index contributed by atoms with van der Waals surface area (Å²) in [7, 11) is 0. The van der Waals surface area contributed by atoms with Crippen LogP contribution in [0.4, 0.5) is 0 Å². The molecule has 0 aromatic heterocycles. The SMILES string of the molecule is O=C1C2CCC(c3ccc(Cl)cc3Cl)C(c3ccc(Cl)cc3)C2CN1CCO. The van der Waals surface area contributed by atoms with Crippen LogP contribution in [-0.2, 0) is 4.79 Å². The number of β-amino-alcohol motifs (C(OH)–C–C–N with tert-alkyl or cyclic N) is 1. The molecular formula is C22H22Cl3NO2. The van der Waals surface area contributed by atoms with Gasteiger partial charge in [0.15, 0.2) is 0 Å². The number of fused-ring (bicyclic) bond motifs is 1. The van der Waals surface area contributed by atoms with E-state index in [0.29, 0.717) is 28.2 Å². The topological polar surface area (TPSA) is 40.5 Å². The second kappa shape index (κ2) is 8.23. The van der Waals surface area contributed by atoms with Gasteiger partial charge in [0.2, 0.25) is 5.91 Å². The second-order valence-electron chi connectivity index (χ2n) is 7.71. The molecule has 1 aliphatic heterocycles. The molecule has 0 radical (unpaired) electrons. The summed E-state index contributed by atoms with van der Waals surface area (Å²) in [6.45, 7) is 1.05. The smallest absolute Gasteiger partial charge is 0.226 e. The number of aliphatic hydroxyl groups excluding tert-OH is 1. The van der Waals surface area contributed by atoms with Crippen LogP contribution in [0.1, 0.15) is 35.8 Å². The average molecular weight is 439 g/mol. The number of carbonyl (C=O) groups is 1. The highest BCUT2D eigenvalue weighted by molar-refractivity contribution is 6.35. The molecule has 1 saturated carbocycles. The Morgan fingerprint density at radius 1 is 0.964 bits per heavy atom. The molecule has 2 fully saturated rings. The zero-order chi connectivity index (χ0) is 19.8. The average Bonchev–Trinajstić information content (AvgIpc) is 2.98. The van der Waals surface area contributed by atoms with Gasteiger partial charge in [-0.05, 0) is 66.0 Å².